The Morgan fingerprint density at radius 2 is 2.05 bits per heavy atom. The van der Waals surface area contributed by atoms with Gasteiger partial charge < -0.3 is 10.1 Å². The lowest BCUT2D eigenvalue weighted by atomic mass is 10.1. The highest BCUT2D eigenvalue weighted by molar-refractivity contribution is 5.25. The van der Waals surface area contributed by atoms with Crippen LogP contribution >= 0.6 is 0 Å². The van der Waals surface area contributed by atoms with Crippen LogP contribution in [0.25, 0.3) is 0 Å². The zero-order valence-corrected chi connectivity index (χ0v) is 11.3. The van der Waals surface area contributed by atoms with E-state index in [4.69, 9.17) is 4.74 Å². The summed E-state index contributed by atoms with van der Waals surface area (Å²) in [4.78, 5) is 4.11. The molecule has 0 saturated carbocycles. The van der Waals surface area contributed by atoms with Crippen molar-refractivity contribution in [3.63, 3.8) is 0 Å². The van der Waals surface area contributed by atoms with E-state index in [1.54, 1.807) is 7.05 Å². The van der Waals surface area contributed by atoms with Crippen LogP contribution in [-0.4, -0.2) is 24.3 Å². The van der Waals surface area contributed by atoms with E-state index in [0.29, 0.717) is 13.0 Å². The average Bonchev–Trinajstić information content (AvgIpc) is 2.28. The third kappa shape index (κ3) is 5.06. The molecule has 1 aromatic heterocycles. The van der Waals surface area contributed by atoms with Crippen LogP contribution < -0.4 is 10.1 Å². The molecule has 1 aromatic rings. The molecule has 0 aliphatic rings. The third-order valence-electron chi connectivity index (χ3n) is 2.56. The molecular formula is C13H19F3N2O. The van der Waals surface area contributed by atoms with E-state index in [1.807, 2.05) is 13.0 Å². The maximum atomic E-state index is 12.5. The van der Waals surface area contributed by atoms with Gasteiger partial charge in [-0.2, -0.15) is 13.2 Å². The molecule has 19 heavy (non-hydrogen) atoms. The van der Waals surface area contributed by atoms with Crippen LogP contribution in [0.15, 0.2) is 12.1 Å². The molecule has 0 aliphatic heterocycles. The van der Waals surface area contributed by atoms with E-state index in [9.17, 15) is 13.2 Å². The molecule has 0 bridgehead atoms. The van der Waals surface area contributed by atoms with Crippen molar-refractivity contribution in [1.82, 2.24) is 10.3 Å². The SMILES string of the molecule is CCCc1cc(CNC)cc(OC(C)C(F)(F)F)n1. The van der Waals surface area contributed by atoms with Gasteiger partial charge in [-0.25, -0.2) is 4.98 Å². The van der Waals surface area contributed by atoms with E-state index in [1.165, 1.54) is 6.07 Å². The van der Waals surface area contributed by atoms with Crippen molar-refractivity contribution in [3.8, 4) is 5.88 Å². The highest BCUT2D eigenvalue weighted by Gasteiger charge is 2.38. The standard InChI is InChI=1S/C13H19F3N2O/c1-4-5-11-6-10(8-17-3)7-12(18-11)19-9(2)13(14,15)16/h6-7,9,17H,4-5,8H2,1-3H3. The molecule has 0 amide bonds. The molecular weight excluding hydrogens is 257 g/mol. The molecule has 1 N–H and O–H groups in total. The summed E-state index contributed by atoms with van der Waals surface area (Å²) in [7, 11) is 1.78. The number of rotatable bonds is 6. The second-order valence-corrected chi connectivity index (χ2v) is 4.39. The molecule has 1 atom stereocenters. The number of aryl methyl sites for hydroxylation is 1. The van der Waals surface area contributed by atoms with Gasteiger partial charge in [-0.3, -0.25) is 0 Å². The summed E-state index contributed by atoms with van der Waals surface area (Å²) in [5.74, 6) is 0.0287. The summed E-state index contributed by atoms with van der Waals surface area (Å²) in [6.45, 7) is 3.53. The van der Waals surface area contributed by atoms with E-state index >= 15 is 0 Å². The van der Waals surface area contributed by atoms with Crippen molar-refractivity contribution in [1.29, 1.82) is 0 Å². The Bertz CT molecular complexity index is 383. The van der Waals surface area contributed by atoms with Crippen LogP contribution in [0.1, 0.15) is 31.5 Å². The van der Waals surface area contributed by atoms with Crippen LogP contribution in [0.2, 0.25) is 0 Å². The minimum absolute atomic E-state index is 0.0287. The first-order valence-corrected chi connectivity index (χ1v) is 6.24. The van der Waals surface area contributed by atoms with Gasteiger partial charge in [0.05, 0.1) is 0 Å². The van der Waals surface area contributed by atoms with Gasteiger partial charge in [0, 0.05) is 18.3 Å². The first-order chi connectivity index (χ1) is 8.86. The summed E-state index contributed by atoms with van der Waals surface area (Å²) in [5.41, 5.74) is 1.62. The second kappa shape index (κ2) is 6.75. The summed E-state index contributed by atoms with van der Waals surface area (Å²) in [6.07, 6.45) is -4.65. The zero-order chi connectivity index (χ0) is 14.5. The summed E-state index contributed by atoms with van der Waals surface area (Å²) in [6, 6.07) is 3.42. The maximum Gasteiger partial charge on any atom is 0.425 e. The van der Waals surface area contributed by atoms with Gasteiger partial charge in [0.2, 0.25) is 5.88 Å². The Hall–Kier alpha value is -1.30. The fourth-order valence-corrected chi connectivity index (χ4v) is 1.62. The number of halogens is 3. The fraction of sp³-hybridized carbons (Fsp3) is 0.615. The lowest BCUT2D eigenvalue weighted by Crippen LogP contribution is -2.31. The van der Waals surface area contributed by atoms with Gasteiger partial charge in [-0.1, -0.05) is 13.3 Å². The highest BCUT2D eigenvalue weighted by atomic mass is 19.4. The summed E-state index contributed by atoms with van der Waals surface area (Å²) >= 11 is 0. The van der Waals surface area contributed by atoms with Crippen molar-refractivity contribution >= 4 is 0 Å². The van der Waals surface area contributed by atoms with Crippen LogP contribution in [0.4, 0.5) is 13.2 Å². The number of aromatic nitrogens is 1. The van der Waals surface area contributed by atoms with Gasteiger partial charge in [0.1, 0.15) is 0 Å². The molecule has 3 nitrogen and oxygen atoms in total. The molecule has 0 saturated heterocycles. The van der Waals surface area contributed by atoms with Crippen LogP contribution in [-0.2, 0) is 13.0 Å². The molecule has 108 valence electrons. The normalized spacial score (nSPS) is 13.4. The van der Waals surface area contributed by atoms with Gasteiger partial charge in [-0.15, -0.1) is 0 Å². The lowest BCUT2D eigenvalue weighted by molar-refractivity contribution is -0.190. The first-order valence-electron chi connectivity index (χ1n) is 6.24. The molecule has 0 spiro atoms. The molecule has 0 fully saturated rings. The fourth-order valence-electron chi connectivity index (χ4n) is 1.62. The van der Waals surface area contributed by atoms with E-state index in [0.717, 1.165) is 24.6 Å². The molecule has 6 heteroatoms. The van der Waals surface area contributed by atoms with Gasteiger partial charge in [0.25, 0.3) is 0 Å². The minimum atomic E-state index is -4.38. The minimum Gasteiger partial charge on any atom is -0.465 e. The van der Waals surface area contributed by atoms with Crippen molar-refractivity contribution in [2.45, 2.75) is 45.5 Å². The van der Waals surface area contributed by atoms with Crippen molar-refractivity contribution < 1.29 is 17.9 Å². The summed E-state index contributed by atoms with van der Waals surface area (Å²) in [5, 5.41) is 2.96. The predicted octanol–water partition coefficient (Wildman–Crippen LogP) is 3.08. The molecule has 0 radical (unpaired) electrons. The molecule has 0 aromatic carbocycles. The number of hydrogen-bond donors (Lipinski definition) is 1. The molecule has 1 unspecified atom stereocenters. The van der Waals surface area contributed by atoms with Crippen LogP contribution in [0, 0.1) is 0 Å². The number of nitrogens with one attached hydrogen (secondary N) is 1. The Labute approximate surface area is 111 Å². The average molecular weight is 276 g/mol. The van der Waals surface area contributed by atoms with Crippen LogP contribution in [0.3, 0.4) is 0 Å². The first kappa shape index (κ1) is 15.8. The number of ether oxygens (including phenoxy) is 1. The topological polar surface area (TPSA) is 34.1 Å². The van der Waals surface area contributed by atoms with Gasteiger partial charge in [-0.05, 0) is 32.0 Å². The zero-order valence-electron chi connectivity index (χ0n) is 11.3. The Kier molecular flexibility index (Phi) is 5.60. The summed E-state index contributed by atoms with van der Waals surface area (Å²) < 4.78 is 42.3. The van der Waals surface area contributed by atoms with Crippen molar-refractivity contribution in [2.75, 3.05) is 7.05 Å². The number of pyridine rings is 1. The van der Waals surface area contributed by atoms with Gasteiger partial charge in [0.15, 0.2) is 6.10 Å². The third-order valence-corrected chi connectivity index (χ3v) is 2.56. The monoisotopic (exact) mass is 276 g/mol. The van der Waals surface area contributed by atoms with E-state index < -0.39 is 12.3 Å². The number of nitrogens with zero attached hydrogens (tertiary/aromatic N) is 1. The Morgan fingerprint density at radius 1 is 1.37 bits per heavy atom. The van der Waals surface area contributed by atoms with Crippen molar-refractivity contribution in [2.24, 2.45) is 0 Å². The molecule has 1 rings (SSSR count). The van der Waals surface area contributed by atoms with Gasteiger partial charge >= 0.3 is 6.18 Å². The lowest BCUT2D eigenvalue weighted by Gasteiger charge is -2.18. The quantitative estimate of drug-likeness (QED) is 0.867. The highest BCUT2D eigenvalue weighted by Crippen LogP contribution is 2.25. The van der Waals surface area contributed by atoms with E-state index in [2.05, 4.69) is 10.3 Å². The molecule has 0 aliphatic carbocycles. The Morgan fingerprint density at radius 3 is 2.58 bits per heavy atom. The second-order valence-electron chi connectivity index (χ2n) is 4.39. The Balaban J connectivity index is 2.92. The maximum absolute atomic E-state index is 12.5. The van der Waals surface area contributed by atoms with E-state index in [-0.39, 0.29) is 5.88 Å². The van der Waals surface area contributed by atoms with Crippen LogP contribution in [0.5, 0.6) is 5.88 Å². The number of hydrogen-bond acceptors (Lipinski definition) is 3. The predicted molar refractivity (Wildman–Crippen MR) is 67.1 cm³/mol. The molecule has 1 heterocycles. The van der Waals surface area contributed by atoms with Crippen molar-refractivity contribution in [3.05, 3.63) is 23.4 Å². The smallest absolute Gasteiger partial charge is 0.425 e. The number of alkyl halides is 3. The largest absolute Gasteiger partial charge is 0.465 e.